The maximum absolute atomic E-state index is 11.9. The van der Waals surface area contributed by atoms with E-state index in [9.17, 15) is 4.79 Å². The lowest BCUT2D eigenvalue weighted by molar-refractivity contribution is -0.116. The SMILES string of the molecule is Cl.O=C(CC1CCCN1)Nc1nnc(-c2cccc(Cl)c2)s1. The number of anilines is 1. The molecule has 0 bridgehead atoms. The maximum Gasteiger partial charge on any atom is 0.227 e. The summed E-state index contributed by atoms with van der Waals surface area (Å²) in [5.41, 5.74) is 0.901. The van der Waals surface area contributed by atoms with E-state index in [1.807, 2.05) is 24.3 Å². The smallest absolute Gasteiger partial charge is 0.227 e. The Morgan fingerprint density at radius 1 is 1.45 bits per heavy atom. The van der Waals surface area contributed by atoms with E-state index in [2.05, 4.69) is 20.8 Å². The molecule has 1 fully saturated rings. The van der Waals surface area contributed by atoms with Gasteiger partial charge in [-0.25, -0.2) is 0 Å². The first-order valence-electron chi connectivity index (χ1n) is 6.83. The third kappa shape index (κ3) is 4.39. The first-order valence-corrected chi connectivity index (χ1v) is 8.03. The van der Waals surface area contributed by atoms with Gasteiger partial charge in [-0.1, -0.05) is 35.1 Å². The summed E-state index contributed by atoms with van der Waals surface area (Å²) in [5, 5.41) is 16.1. The van der Waals surface area contributed by atoms with Gasteiger partial charge in [0.25, 0.3) is 0 Å². The van der Waals surface area contributed by atoms with E-state index >= 15 is 0 Å². The van der Waals surface area contributed by atoms with Gasteiger partial charge in [0, 0.05) is 23.0 Å². The zero-order valence-electron chi connectivity index (χ0n) is 11.7. The molecule has 1 aromatic carbocycles. The van der Waals surface area contributed by atoms with Gasteiger partial charge in [-0.2, -0.15) is 0 Å². The standard InChI is InChI=1S/C14H15ClN4OS.ClH/c15-10-4-1-3-9(7-10)13-18-19-14(21-13)17-12(20)8-11-5-2-6-16-11;/h1,3-4,7,11,16H,2,5-6,8H2,(H,17,19,20);1H. The largest absolute Gasteiger partial charge is 0.313 e. The summed E-state index contributed by atoms with van der Waals surface area (Å²) < 4.78 is 0. The van der Waals surface area contributed by atoms with Crippen molar-refractivity contribution in [2.75, 3.05) is 11.9 Å². The molecule has 1 aromatic heterocycles. The summed E-state index contributed by atoms with van der Waals surface area (Å²) in [6, 6.07) is 7.70. The van der Waals surface area contributed by atoms with Gasteiger partial charge in [0.15, 0.2) is 0 Å². The van der Waals surface area contributed by atoms with Crippen LogP contribution in [0.15, 0.2) is 24.3 Å². The minimum atomic E-state index is -0.0248. The van der Waals surface area contributed by atoms with Crippen LogP contribution in [0.4, 0.5) is 5.13 Å². The Balaban J connectivity index is 0.00000176. The Labute approximate surface area is 143 Å². The molecule has 1 atom stereocenters. The molecule has 5 nitrogen and oxygen atoms in total. The topological polar surface area (TPSA) is 66.9 Å². The van der Waals surface area contributed by atoms with Crippen LogP contribution in [0.1, 0.15) is 19.3 Å². The number of hydrogen-bond acceptors (Lipinski definition) is 5. The third-order valence-electron chi connectivity index (χ3n) is 3.34. The average Bonchev–Trinajstić information content (AvgIpc) is 3.10. The molecule has 0 radical (unpaired) electrons. The molecule has 3 rings (SSSR count). The van der Waals surface area contributed by atoms with Crippen LogP contribution in [-0.4, -0.2) is 28.7 Å². The second-order valence-corrected chi connectivity index (χ2v) is 6.38. The zero-order chi connectivity index (χ0) is 14.7. The normalized spacial score (nSPS) is 17.0. The number of carbonyl (C=O) groups excluding carboxylic acids is 1. The molecule has 2 N–H and O–H groups in total. The first-order chi connectivity index (χ1) is 10.2. The molecule has 8 heteroatoms. The van der Waals surface area contributed by atoms with Crippen LogP contribution in [0.3, 0.4) is 0 Å². The third-order valence-corrected chi connectivity index (χ3v) is 4.46. The van der Waals surface area contributed by atoms with E-state index in [1.54, 1.807) is 0 Å². The van der Waals surface area contributed by atoms with Crippen LogP contribution < -0.4 is 10.6 Å². The van der Waals surface area contributed by atoms with E-state index in [4.69, 9.17) is 11.6 Å². The van der Waals surface area contributed by atoms with Crippen molar-refractivity contribution in [1.82, 2.24) is 15.5 Å². The fourth-order valence-corrected chi connectivity index (χ4v) is 3.28. The van der Waals surface area contributed by atoms with Crippen molar-refractivity contribution in [2.45, 2.75) is 25.3 Å². The summed E-state index contributed by atoms with van der Waals surface area (Å²) in [6.45, 7) is 0.996. The van der Waals surface area contributed by atoms with Crippen LogP contribution in [-0.2, 0) is 4.79 Å². The lowest BCUT2D eigenvalue weighted by Crippen LogP contribution is -2.27. The van der Waals surface area contributed by atoms with E-state index in [0.717, 1.165) is 30.0 Å². The van der Waals surface area contributed by atoms with Crippen molar-refractivity contribution >= 4 is 46.4 Å². The van der Waals surface area contributed by atoms with Crippen molar-refractivity contribution < 1.29 is 4.79 Å². The van der Waals surface area contributed by atoms with Crippen molar-refractivity contribution in [3.8, 4) is 10.6 Å². The summed E-state index contributed by atoms with van der Waals surface area (Å²) >= 11 is 7.31. The number of benzene rings is 1. The monoisotopic (exact) mass is 358 g/mol. The minimum Gasteiger partial charge on any atom is -0.313 e. The molecule has 0 spiro atoms. The van der Waals surface area contributed by atoms with Gasteiger partial charge in [-0.15, -0.1) is 22.6 Å². The fourth-order valence-electron chi connectivity index (χ4n) is 2.34. The Hall–Kier alpha value is -1.21. The van der Waals surface area contributed by atoms with Crippen LogP contribution in [0.2, 0.25) is 5.02 Å². The molecule has 1 aliphatic heterocycles. The number of aromatic nitrogens is 2. The Morgan fingerprint density at radius 2 is 2.32 bits per heavy atom. The van der Waals surface area contributed by atoms with Crippen molar-refractivity contribution in [3.63, 3.8) is 0 Å². The molecule has 22 heavy (non-hydrogen) atoms. The summed E-state index contributed by atoms with van der Waals surface area (Å²) in [6.07, 6.45) is 2.67. The van der Waals surface area contributed by atoms with Crippen molar-refractivity contribution in [1.29, 1.82) is 0 Å². The predicted molar refractivity (Wildman–Crippen MR) is 91.9 cm³/mol. The molecule has 2 heterocycles. The van der Waals surface area contributed by atoms with E-state index < -0.39 is 0 Å². The van der Waals surface area contributed by atoms with Gasteiger partial charge in [0.05, 0.1) is 0 Å². The molecule has 1 unspecified atom stereocenters. The molecule has 1 saturated heterocycles. The number of rotatable bonds is 4. The Morgan fingerprint density at radius 3 is 3.05 bits per heavy atom. The number of halogens is 2. The highest BCUT2D eigenvalue weighted by molar-refractivity contribution is 7.18. The molecular weight excluding hydrogens is 343 g/mol. The van der Waals surface area contributed by atoms with Gasteiger partial charge in [-0.3, -0.25) is 4.79 Å². The summed E-state index contributed by atoms with van der Waals surface area (Å²) in [5.74, 6) is -0.0248. The van der Waals surface area contributed by atoms with Gasteiger partial charge < -0.3 is 10.6 Å². The van der Waals surface area contributed by atoms with Crippen molar-refractivity contribution in [3.05, 3.63) is 29.3 Å². The number of amides is 1. The zero-order valence-corrected chi connectivity index (χ0v) is 14.1. The summed E-state index contributed by atoms with van der Waals surface area (Å²) in [4.78, 5) is 11.9. The second-order valence-electron chi connectivity index (χ2n) is 4.97. The van der Waals surface area contributed by atoms with Gasteiger partial charge in [-0.05, 0) is 31.5 Å². The molecular formula is C14H16Cl2N4OS. The Kier molecular flexibility index (Phi) is 6.14. The number of nitrogens with one attached hydrogen (secondary N) is 2. The molecule has 0 saturated carbocycles. The van der Waals surface area contributed by atoms with Gasteiger partial charge in [0.2, 0.25) is 11.0 Å². The molecule has 2 aromatic rings. The maximum atomic E-state index is 11.9. The molecule has 1 aliphatic rings. The van der Waals surface area contributed by atoms with Gasteiger partial charge >= 0.3 is 0 Å². The lowest BCUT2D eigenvalue weighted by Gasteiger charge is -2.08. The van der Waals surface area contributed by atoms with Crippen LogP contribution in [0, 0.1) is 0 Å². The lowest BCUT2D eigenvalue weighted by atomic mass is 10.1. The van der Waals surface area contributed by atoms with E-state index in [-0.39, 0.29) is 24.4 Å². The molecule has 0 aliphatic carbocycles. The quantitative estimate of drug-likeness (QED) is 0.879. The van der Waals surface area contributed by atoms with Gasteiger partial charge in [0.1, 0.15) is 5.01 Å². The first kappa shape index (κ1) is 17.1. The average molecular weight is 359 g/mol. The molecule has 118 valence electrons. The van der Waals surface area contributed by atoms with E-state index in [0.29, 0.717) is 16.6 Å². The number of nitrogens with zero attached hydrogens (tertiary/aromatic N) is 2. The van der Waals surface area contributed by atoms with Crippen LogP contribution in [0.5, 0.6) is 0 Å². The number of hydrogen-bond donors (Lipinski definition) is 2. The highest BCUT2D eigenvalue weighted by atomic mass is 35.5. The Bertz CT molecular complexity index is 643. The predicted octanol–water partition coefficient (Wildman–Crippen LogP) is 3.36. The minimum absolute atomic E-state index is 0. The highest BCUT2D eigenvalue weighted by Crippen LogP contribution is 2.28. The fraction of sp³-hybridized carbons (Fsp3) is 0.357. The second kappa shape index (κ2) is 7.87. The number of carbonyl (C=O) groups is 1. The summed E-state index contributed by atoms with van der Waals surface area (Å²) in [7, 11) is 0. The highest BCUT2D eigenvalue weighted by Gasteiger charge is 2.18. The molecule has 1 amide bonds. The van der Waals surface area contributed by atoms with Crippen LogP contribution in [0.25, 0.3) is 10.6 Å². The van der Waals surface area contributed by atoms with Crippen LogP contribution >= 0.6 is 35.3 Å². The van der Waals surface area contributed by atoms with Crippen molar-refractivity contribution in [2.24, 2.45) is 0 Å². The van der Waals surface area contributed by atoms with E-state index in [1.165, 1.54) is 11.3 Å².